The summed E-state index contributed by atoms with van der Waals surface area (Å²) in [5.74, 6) is 0. The van der Waals surface area contributed by atoms with Gasteiger partial charge in [0, 0.05) is 23.1 Å². The predicted octanol–water partition coefficient (Wildman–Crippen LogP) is -0.945. The first-order valence-corrected chi connectivity index (χ1v) is 2.46. The van der Waals surface area contributed by atoms with Gasteiger partial charge in [0.15, 0.2) is 0 Å². The quantitative estimate of drug-likeness (QED) is 0.373. The molecule has 7 heavy (non-hydrogen) atoms. The van der Waals surface area contributed by atoms with Gasteiger partial charge in [-0.15, -0.1) is 0 Å². The Labute approximate surface area is 58.0 Å². The SMILES string of the molecule is COS(=O)(=O)O.[Mg]. The van der Waals surface area contributed by atoms with Gasteiger partial charge >= 0.3 is 10.4 Å². The number of hydrogen-bond acceptors (Lipinski definition) is 3. The van der Waals surface area contributed by atoms with E-state index in [9.17, 15) is 8.42 Å². The maximum absolute atomic E-state index is 9.33. The summed E-state index contributed by atoms with van der Waals surface area (Å²) in [4.78, 5) is 0. The monoisotopic (exact) mass is 136 g/mol. The van der Waals surface area contributed by atoms with E-state index in [1.165, 1.54) is 0 Å². The molecule has 0 unspecified atom stereocenters. The zero-order chi connectivity index (χ0) is 5.21. The predicted molar refractivity (Wildman–Crippen MR) is 24.3 cm³/mol. The Hall–Kier alpha value is 0.636. The van der Waals surface area contributed by atoms with Crippen LogP contribution in [-0.4, -0.2) is 43.1 Å². The fourth-order valence-corrected chi connectivity index (χ4v) is 0. The van der Waals surface area contributed by atoms with E-state index in [4.69, 9.17) is 4.55 Å². The van der Waals surface area contributed by atoms with Crippen LogP contribution in [0.25, 0.3) is 0 Å². The van der Waals surface area contributed by atoms with Crippen molar-refractivity contribution in [1.82, 2.24) is 0 Å². The third kappa shape index (κ3) is 10.8. The molecule has 0 aromatic carbocycles. The van der Waals surface area contributed by atoms with Gasteiger partial charge in [0.25, 0.3) is 0 Å². The van der Waals surface area contributed by atoms with Crippen molar-refractivity contribution in [3.8, 4) is 0 Å². The molecule has 0 amide bonds. The Morgan fingerprint density at radius 1 is 1.57 bits per heavy atom. The Balaban J connectivity index is 0. The lowest BCUT2D eigenvalue weighted by Crippen LogP contribution is -1.96. The van der Waals surface area contributed by atoms with E-state index >= 15 is 0 Å². The molecule has 0 saturated carbocycles. The molecule has 0 aliphatic heterocycles. The highest BCUT2D eigenvalue weighted by Gasteiger charge is 1.93. The van der Waals surface area contributed by atoms with Crippen LogP contribution in [0.5, 0.6) is 0 Å². The minimum absolute atomic E-state index is 0. The standard InChI is InChI=1S/CH4O4S.Mg/c1-5-6(2,3)4;/h1H3,(H,2,3,4);. The molecule has 0 saturated heterocycles. The van der Waals surface area contributed by atoms with Gasteiger partial charge in [0.1, 0.15) is 0 Å². The van der Waals surface area contributed by atoms with Crippen LogP contribution in [0.2, 0.25) is 0 Å². The lowest BCUT2D eigenvalue weighted by molar-refractivity contribution is 0.324. The first-order chi connectivity index (χ1) is 2.56. The van der Waals surface area contributed by atoms with Crippen LogP contribution in [0.3, 0.4) is 0 Å². The molecule has 0 aliphatic carbocycles. The molecule has 0 aromatic rings. The van der Waals surface area contributed by atoms with E-state index in [1.54, 1.807) is 0 Å². The van der Waals surface area contributed by atoms with Gasteiger partial charge in [0.05, 0.1) is 7.11 Å². The van der Waals surface area contributed by atoms with E-state index in [1.807, 2.05) is 0 Å². The normalized spacial score (nSPS) is 10.0. The van der Waals surface area contributed by atoms with Crippen LogP contribution in [-0.2, 0) is 14.6 Å². The fourth-order valence-electron chi connectivity index (χ4n) is 0. The summed E-state index contributed by atoms with van der Waals surface area (Å²) in [5, 5.41) is 0. The highest BCUT2D eigenvalue weighted by molar-refractivity contribution is 7.80. The topological polar surface area (TPSA) is 63.6 Å². The summed E-state index contributed by atoms with van der Waals surface area (Å²) in [7, 11) is -3.29. The van der Waals surface area contributed by atoms with E-state index in [-0.39, 0.29) is 23.1 Å². The molecule has 0 rings (SSSR count). The second kappa shape index (κ2) is 3.62. The van der Waals surface area contributed by atoms with Crippen LogP contribution in [0.15, 0.2) is 0 Å². The van der Waals surface area contributed by atoms with Crippen molar-refractivity contribution in [1.29, 1.82) is 0 Å². The van der Waals surface area contributed by atoms with Crippen molar-refractivity contribution in [3.05, 3.63) is 0 Å². The third-order valence-electron chi connectivity index (χ3n) is 0.211. The highest BCUT2D eigenvalue weighted by Crippen LogP contribution is 1.74. The Bertz CT molecular complexity index is 114. The van der Waals surface area contributed by atoms with Gasteiger partial charge in [0.2, 0.25) is 0 Å². The lowest BCUT2D eigenvalue weighted by Gasteiger charge is -1.82. The van der Waals surface area contributed by atoms with Crippen molar-refractivity contribution >= 4 is 33.5 Å². The molecular weight excluding hydrogens is 132 g/mol. The lowest BCUT2D eigenvalue weighted by atomic mass is 11.8. The maximum atomic E-state index is 9.33. The average molecular weight is 136 g/mol. The minimum Gasteiger partial charge on any atom is -0.264 e. The van der Waals surface area contributed by atoms with Crippen molar-refractivity contribution in [2.45, 2.75) is 0 Å². The first-order valence-electron chi connectivity index (χ1n) is 1.09. The Morgan fingerprint density at radius 3 is 1.71 bits per heavy atom. The van der Waals surface area contributed by atoms with Gasteiger partial charge in [-0.1, -0.05) is 0 Å². The highest BCUT2D eigenvalue weighted by atomic mass is 32.3. The summed E-state index contributed by atoms with van der Waals surface area (Å²) >= 11 is 0. The van der Waals surface area contributed by atoms with Crippen LogP contribution < -0.4 is 0 Å². The Kier molecular flexibility index (Phi) is 5.47. The van der Waals surface area contributed by atoms with Crippen molar-refractivity contribution in [2.24, 2.45) is 0 Å². The van der Waals surface area contributed by atoms with Gasteiger partial charge in [-0.2, -0.15) is 8.42 Å². The van der Waals surface area contributed by atoms with Crippen LogP contribution in [0.1, 0.15) is 0 Å². The summed E-state index contributed by atoms with van der Waals surface area (Å²) < 4.78 is 29.7. The second-order valence-corrected chi connectivity index (χ2v) is 1.78. The summed E-state index contributed by atoms with van der Waals surface area (Å²) in [6.07, 6.45) is 0. The molecule has 2 radical (unpaired) electrons. The van der Waals surface area contributed by atoms with E-state index in [2.05, 4.69) is 4.18 Å². The van der Waals surface area contributed by atoms with Crippen molar-refractivity contribution in [2.75, 3.05) is 7.11 Å². The van der Waals surface area contributed by atoms with E-state index in [0.717, 1.165) is 7.11 Å². The van der Waals surface area contributed by atoms with Gasteiger partial charge in [-0.05, 0) is 0 Å². The smallest absolute Gasteiger partial charge is 0.264 e. The molecule has 0 fully saturated rings. The second-order valence-electron chi connectivity index (χ2n) is 0.594. The summed E-state index contributed by atoms with van der Waals surface area (Å²) in [5.41, 5.74) is 0. The molecule has 0 heterocycles. The third-order valence-corrected chi connectivity index (χ3v) is 0.632. The van der Waals surface area contributed by atoms with Gasteiger partial charge in [-0.25, -0.2) is 0 Å². The molecule has 4 nitrogen and oxygen atoms in total. The fraction of sp³-hybridized carbons (Fsp3) is 1.00. The maximum Gasteiger partial charge on any atom is 0.397 e. The molecule has 6 heteroatoms. The largest absolute Gasteiger partial charge is 0.397 e. The molecule has 0 bridgehead atoms. The van der Waals surface area contributed by atoms with Crippen LogP contribution >= 0.6 is 0 Å². The summed E-state index contributed by atoms with van der Waals surface area (Å²) in [6.45, 7) is 0. The number of rotatable bonds is 1. The van der Waals surface area contributed by atoms with Gasteiger partial charge < -0.3 is 0 Å². The molecule has 0 spiro atoms. The van der Waals surface area contributed by atoms with Crippen LogP contribution in [0.4, 0.5) is 0 Å². The Morgan fingerprint density at radius 2 is 1.71 bits per heavy atom. The molecule has 0 aliphatic rings. The molecule has 0 atom stereocenters. The minimum atomic E-state index is -4.16. The van der Waals surface area contributed by atoms with Crippen LogP contribution in [0, 0.1) is 0 Å². The molecule has 1 N–H and O–H groups in total. The zero-order valence-electron chi connectivity index (χ0n) is 3.79. The van der Waals surface area contributed by atoms with Crippen molar-refractivity contribution in [3.63, 3.8) is 0 Å². The molecular formula is CH4MgO4S. The zero-order valence-corrected chi connectivity index (χ0v) is 6.02. The average Bonchev–Trinajstić information content (AvgIpc) is 1.35. The van der Waals surface area contributed by atoms with Gasteiger partial charge in [-0.3, -0.25) is 8.74 Å². The van der Waals surface area contributed by atoms with Crippen molar-refractivity contribution < 1.29 is 17.2 Å². The van der Waals surface area contributed by atoms with E-state index in [0.29, 0.717) is 0 Å². The first kappa shape index (κ1) is 10.6. The molecule has 0 aromatic heterocycles. The molecule has 40 valence electrons. The number of hydrogen-bond donors (Lipinski definition) is 1. The summed E-state index contributed by atoms with van der Waals surface area (Å²) in [6, 6.07) is 0. The van der Waals surface area contributed by atoms with E-state index < -0.39 is 10.4 Å².